The number of pyridine rings is 1. The number of aliphatic hydroxyl groups is 1. The van der Waals surface area contributed by atoms with Gasteiger partial charge in [0.2, 0.25) is 0 Å². The molecule has 4 amide bonds. The van der Waals surface area contributed by atoms with Crippen LogP contribution in [0.3, 0.4) is 0 Å². The van der Waals surface area contributed by atoms with Crippen LogP contribution in [-0.4, -0.2) is 70.2 Å². The number of aromatic nitrogens is 1. The molecule has 1 saturated heterocycles. The molecule has 0 radical (unpaired) electrons. The van der Waals surface area contributed by atoms with Gasteiger partial charge in [-0.15, -0.1) is 0 Å². The monoisotopic (exact) mass is 555 g/mol. The fourth-order valence-corrected chi connectivity index (χ4v) is 5.87. The molecule has 0 spiro atoms. The summed E-state index contributed by atoms with van der Waals surface area (Å²) in [7, 11) is 1.14. The van der Waals surface area contributed by atoms with Crippen LogP contribution in [0.25, 0.3) is 0 Å². The Morgan fingerprint density at radius 2 is 1.93 bits per heavy atom. The van der Waals surface area contributed by atoms with Crippen molar-refractivity contribution in [3.05, 3.63) is 77.3 Å². The number of amides is 4. The molecule has 10 nitrogen and oxygen atoms in total. The molecule has 2 atom stereocenters. The van der Waals surface area contributed by atoms with Crippen molar-refractivity contribution in [1.29, 1.82) is 0 Å². The summed E-state index contributed by atoms with van der Waals surface area (Å²) in [5.41, 5.74) is -0.349. The third kappa shape index (κ3) is 5.41. The molecule has 1 unspecified atom stereocenters. The van der Waals surface area contributed by atoms with E-state index < -0.39 is 41.3 Å². The number of hydrogen-bond donors (Lipinski definition) is 3. The van der Waals surface area contributed by atoms with E-state index in [4.69, 9.17) is 4.74 Å². The molecule has 5 rings (SSSR count). The zero-order valence-electron chi connectivity index (χ0n) is 22.0. The van der Waals surface area contributed by atoms with Gasteiger partial charge in [0, 0.05) is 37.6 Å². The van der Waals surface area contributed by atoms with Gasteiger partial charge in [0.05, 0.1) is 18.4 Å². The van der Waals surface area contributed by atoms with Crippen LogP contribution in [-0.2, 0) is 15.1 Å². The van der Waals surface area contributed by atoms with Gasteiger partial charge in [-0.05, 0) is 61.9 Å². The molecule has 1 aromatic heterocycles. The van der Waals surface area contributed by atoms with Gasteiger partial charge >= 0.3 is 18.0 Å². The SMILES string of the molecule is COC(=O)C1=CNC(=O)N(C(=O)N[C@@H]2CCN(C3CCC(O)(c4ccccn4)CC3)C2)C1c1ccc(F)c(F)c1. The summed E-state index contributed by atoms with van der Waals surface area (Å²) in [4.78, 5) is 46.1. The number of nitrogens with one attached hydrogen (secondary N) is 2. The molecular formula is C28H31F2N5O5. The van der Waals surface area contributed by atoms with Crippen molar-refractivity contribution in [1.82, 2.24) is 25.4 Å². The van der Waals surface area contributed by atoms with Crippen molar-refractivity contribution in [2.24, 2.45) is 0 Å². The van der Waals surface area contributed by atoms with Crippen LogP contribution in [0.4, 0.5) is 18.4 Å². The van der Waals surface area contributed by atoms with Crippen LogP contribution in [0.5, 0.6) is 0 Å². The summed E-state index contributed by atoms with van der Waals surface area (Å²) in [6, 6.07) is 5.48. The number of benzene rings is 1. The molecule has 3 N–H and O–H groups in total. The Kier molecular flexibility index (Phi) is 7.81. The molecule has 40 heavy (non-hydrogen) atoms. The molecule has 1 aromatic carbocycles. The van der Waals surface area contributed by atoms with Gasteiger partial charge in [0.15, 0.2) is 11.6 Å². The van der Waals surface area contributed by atoms with Gasteiger partial charge < -0.3 is 20.5 Å². The minimum Gasteiger partial charge on any atom is -0.466 e. The molecule has 0 bridgehead atoms. The van der Waals surface area contributed by atoms with Crippen LogP contribution in [0.1, 0.15) is 49.4 Å². The Morgan fingerprint density at radius 1 is 1.15 bits per heavy atom. The fourth-order valence-electron chi connectivity index (χ4n) is 5.87. The number of likely N-dealkylation sites (tertiary alicyclic amines) is 1. The van der Waals surface area contributed by atoms with E-state index >= 15 is 0 Å². The van der Waals surface area contributed by atoms with E-state index in [9.17, 15) is 28.3 Å². The third-order valence-corrected chi connectivity index (χ3v) is 8.01. The van der Waals surface area contributed by atoms with Gasteiger partial charge in [-0.1, -0.05) is 12.1 Å². The Morgan fingerprint density at radius 3 is 2.60 bits per heavy atom. The Balaban J connectivity index is 1.26. The van der Waals surface area contributed by atoms with E-state index in [0.717, 1.165) is 49.7 Å². The predicted molar refractivity (Wildman–Crippen MR) is 138 cm³/mol. The Labute approximate surface area is 230 Å². The number of rotatable bonds is 5. The lowest BCUT2D eigenvalue weighted by Crippen LogP contribution is -2.55. The minimum atomic E-state index is -1.32. The number of esters is 1. The number of ether oxygens (including phenoxy) is 1. The maximum Gasteiger partial charge on any atom is 0.337 e. The zero-order valence-corrected chi connectivity index (χ0v) is 22.0. The summed E-state index contributed by atoms with van der Waals surface area (Å²) in [6.07, 6.45) is 6.12. The second kappa shape index (κ2) is 11.3. The van der Waals surface area contributed by atoms with Crippen LogP contribution >= 0.6 is 0 Å². The molecule has 2 fully saturated rings. The molecule has 1 saturated carbocycles. The smallest absolute Gasteiger partial charge is 0.337 e. The average molecular weight is 556 g/mol. The molecule has 1 aliphatic carbocycles. The Bertz CT molecular complexity index is 1320. The number of urea groups is 2. The van der Waals surface area contributed by atoms with E-state index in [1.807, 2.05) is 18.2 Å². The van der Waals surface area contributed by atoms with Gasteiger partial charge in [0.1, 0.15) is 11.6 Å². The van der Waals surface area contributed by atoms with Crippen molar-refractivity contribution < 1.29 is 33.0 Å². The Hall–Kier alpha value is -3.90. The summed E-state index contributed by atoms with van der Waals surface area (Å²) >= 11 is 0. The third-order valence-electron chi connectivity index (χ3n) is 8.01. The summed E-state index contributed by atoms with van der Waals surface area (Å²) in [6.45, 7) is 1.27. The number of imide groups is 1. The topological polar surface area (TPSA) is 124 Å². The van der Waals surface area contributed by atoms with Crippen molar-refractivity contribution in [3.8, 4) is 0 Å². The second-order valence-electron chi connectivity index (χ2n) is 10.4. The van der Waals surface area contributed by atoms with Gasteiger partial charge in [-0.3, -0.25) is 9.88 Å². The average Bonchev–Trinajstić information content (AvgIpc) is 3.43. The molecular weight excluding hydrogens is 524 g/mol. The van der Waals surface area contributed by atoms with Crippen LogP contribution in [0.2, 0.25) is 0 Å². The number of methoxy groups -OCH3 is 1. The summed E-state index contributed by atoms with van der Waals surface area (Å²) < 4.78 is 32.5. The molecule has 3 aliphatic rings. The van der Waals surface area contributed by atoms with Crippen molar-refractivity contribution in [2.45, 2.75) is 55.8 Å². The number of nitrogens with zero attached hydrogens (tertiary/aromatic N) is 3. The van der Waals surface area contributed by atoms with E-state index in [1.165, 1.54) is 6.07 Å². The normalized spacial score (nSPS) is 27.1. The van der Waals surface area contributed by atoms with E-state index in [0.29, 0.717) is 31.5 Å². The molecule has 12 heteroatoms. The van der Waals surface area contributed by atoms with Gasteiger partial charge in [-0.2, -0.15) is 0 Å². The van der Waals surface area contributed by atoms with Crippen LogP contribution < -0.4 is 10.6 Å². The van der Waals surface area contributed by atoms with E-state index in [-0.39, 0.29) is 23.2 Å². The first kappa shape index (κ1) is 27.7. The molecule has 2 aromatic rings. The van der Waals surface area contributed by atoms with Crippen molar-refractivity contribution in [3.63, 3.8) is 0 Å². The highest BCUT2D eigenvalue weighted by Crippen LogP contribution is 2.38. The van der Waals surface area contributed by atoms with Crippen molar-refractivity contribution in [2.75, 3.05) is 20.2 Å². The highest BCUT2D eigenvalue weighted by Gasteiger charge is 2.42. The van der Waals surface area contributed by atoms with E-state index in [2.05, 4.69) is 20.5 Å². The number of carbonyl (C=O) groups is 3. The highest BCUT2D eigenvalue weighted by molar-refractivity contribution is 6.00. The van der Waals surface area contributed by atoms with Crippen molar-refractivity contribution >= 4 is 18.0 Å². The standard InChI is InChI=1S/C28H31F2N5O5/c1-40-25(36)20-15-32-26(37)35(24(20)17-5-6-21(29)22(30)14-17)27(38)33-18-9-13-34(16-18)19-7-10-28(39,11-8-19)23-4-2-3-12-31-23/h2-6,12,14-15,18-19,24,39H,7-11,13,16H2,1H3,(H,32,37)(H,33,38)/t18-,19?,24?,28?/m1/s1. The second-order valence-corrected chi connectivity index (χ2v) is 10.4. The first-order valence-corrected chi connectivity index (χ1v) is 13.2. The predicted octanol–water partition coefficient (Wildman–Crippen LogP) is 3.10. The molecule has 2 aliphatic heterocycles. The first-order chi connectivity index (χ1) is 19.2. The number of halogens is 2. The highest BCUT2D eigenvalue weighted by atomic mass is 19.2. The maximum absolute atomic E-state index is 14.1. The molecule has 212 valence electrons. The van der Waals surface area contributed by atoms with Crippen LogP contribution in [0.15, 0.2) is 54.4 Å². The lowest BCUT2D eigenvalue weighted by atomic mass is 9.79. The summed E-state index contributed by atoms with van der Waals surface area (Å²) in [5.74, 6) is -3.11. The summed E-state index contributed by atoms with van der Waals surface area (Å²) in [5, 5.41) is 16.3. The van der Waals surface area contributed by atoms with Crippen LogP contribution in [0, 0.1) is 11.6 Å². The maximum atomic E-state index is 14.1. The molecule has 3 heterocycles. The van der Waals surface area contributed by atoms with Gasteiger partial charge in [0.25, 0.3) is 0 Å². The fraction of sp³-hybridized carbons (Fsp3) is 0.429. The lowest BCUT2D eigenvalue weighted by molar-refractivity contribution is -0.136. The first-order valence-electron chi connectivity index (χ1n) is 13.2. The minimum absolute atomic E-state index is 0.0381. The quantitative estimate of drug-likeness (QED) is 0.485. The van der Waals surface area contributed by atoms with Gasteiger partial charge in [-0.25, -0.2) is 28.1 Å². The van der Waals surface area contributed by atoms with E-state index in [1.54, 1.807) is 6.20 Å². The number of hydrogen-bond acceptors (Lipinski definition) is 7. The zero-order chi connectivity index (χ0) is 28.4. The lowest BCUT2D eigenvalue weighted by Gasteiger charge is -2.39. The largest absolute Gasteiger partial charge is 0.466 e. The number of carbonyl (C=O) groups excluding carboxylic acids is 3.